The van der Waals surface area contributed by atoms with Gasteiger partial charge >= 0.3 is 6.03 Å². The lowest BCUT2D eigenvalue weighted by atomic mass is 9.96. The Morgan fingerprint density at radius 1 is 1.29 bits per heavy atom. The van der Waals surface area contributed by atoms with Crippen LogP contribution < -0.4 is 16.0 Å². The van der Waals surface area contributed by atoms with E-state index in [9.17, 15) is 9.59 Å². The second-order valence-corrected chi connectivity index (χ2v) is 6.64. The molecule has 0 saturated heterocycles. The third kappa shape index (κ3) is 5.86. The van der Waals surface area contributed by atoms with Crippen LogP contribution in [-0.2, 0) is 4.79 Å². The van der Waals surface area contributed by atoms with Crippen molar-refractivity contribution in [1.29, 1.82) is 0 Å². The summed E-state index contributed by atoms with van der Waals surface area (Å²) >= 11 is 0. The molecule has 0 spiro atoms. The molecule has 3 N–H and O–H groups in total. The minimum Gasteiger partial charge on any atom is -0.338 e. The number of hydrogen-bond acceptors (Lipinski definition) is 3. The fraction of sp³-hybridized carbons (Fsp3) is 0.706. The molecular weight excluding hydrogens is 306 g/mol. The number of hydrogen-bond donors (Lipinski definition) is 3. The van der Waals surface area contributed by atoms with Crippen molar-refractivity contribution >= 4 is 17.8 Å². The van der Waals surface area contributed by atoms with E-state index in [1.807, 2.05) is 13.8 Å². The number of urea groups is 1. The average Bonchev–Trinajstić information content (AvgIpc) is 3.01. The van der Waals surface area contributed by atoms with E-state index in [1.165, 1.54) is 19.3 Å². The molecule has 24 heavy (non-hydrogen) atoms. The van der Waals surface area contributed by atoms with E-state index in [0.29, 0.717) is 31.2 Å². The van der Waals surface area contributed by atoms with E-state index < -0.39 is 0 Å². The SMILES string of the molecule is CC(C)n1nccc1NC(=O)CCCNC(=O)NC1CCCCC1. The summed E-state index contributed by atoms with van der Waals surface area (Å²) in [6.45, 7) is 4.52. The summed E-state index contributed by atoms with van der Waals surface area (Å²) in [5.41, 5.74) is 0. The molecule has 0 bridgehead atoms. The molecule has 0 atom stereocenters. The van der Waals surface area contributed by atoms with Crippen molar-refractivity contribution in [2.24, 2.45) is 0 Å². The molecule has 1 saturated carbocycles. The quantitative estimate of drug-likeness (QED) is 0.670. The van der Waals surface area contributed by atoms with Crippen molar-refractivity contribution in [3.05, 3.63) is 12.3 Å². The molecule has 134 valence electrons. The van der Waals surface area contributed by atoms with Gasteiger partial charge in [-0.1, -0.05) is 19.3 Å². The smallest absolute Gasteiger partial charge is 0.315 e. The van der Waals surface area contributed by atoms with Gasteiger partial charge in [-0.25, -0.2) is 9.48 Å². The molecule has 1 aromatic rings. The second kappa shape index (κ2) is 9.30. The Morgan fingerprint density at radius 2 is 2.04 bits per heavy atom. The number of nitrogens with zero attached hydrogens (tertiary/aromatic N) is 2. The predicted octanol–water partition coefficient (Wildman–Crippen LogP) is 2.81. The van der Waals surface area contributed by atoms with Crippen molar-refractivity contribution in [3.63, 3.8) is 0 Å². The van der Waals surface area contributed by atoms with Gasteiger partial charge < -0.3 is 16.0 Å². The Kier molecular flexibility index (Phi) is 7.08. The summed E-state index contributed by atoms with van der Waals surface area (Å²) in [7, 11) is 0. The largest absolute Gasteiger partial charge is 0.338 e. The number of carbonyl (C=O) groups is 2. The number of anilines is 1. The van der Waals surface area contributed by atoms with Crippen LogP contribution in [0.4, 0.5) is 10.6 Å². The summed E-state index contributed by atoms with van der Waals surface area (Å²) in [5.74, 6) is 0.643. The molecule has 3 amide bonds. The van der Waals surface area contributed by atoms with Gasteiger partial charge in [0, 0.05) is 31.1 Å². The van der Waals surface area contributed by atoms with E-state index >= 15 is 0 Å². The first-order valence-electron chi connectivity index (χ1n) is 8.94. The van der Waals surface area contributed by atoms with Crippen LogP contribution in [0.1, 0.15) is 64.8 Å². The number of nitrogens with one attached hydrogen (secondary N) is 3. The number of rotatable bonds is 7. The molecule has 0 radical (unpaired) electrons. The van der Waals surface area contributed by atoms with E-state index in [4.69, 9.17) is 0 Å². The van der Waals surface area contributed by atoms with Crippen LogP contribution in [0.5, 0.6) is 0 Å². The van der Waals surface area contributed by atoms with Crippen LogP contribution in [0, 0.1) is 0 Å². The zero-order chi connectivity index (χ0) is 17.4. The molecular formula is C17H29N5O2. The van der Waals surface area contributed by atoms with Crippen molar-refractivity contribution in [3.8, 4) is 0 Å². The Hall–Kier alpha value is -2.05. The Labute approximate surface area is 143 Å². The second-order valence-electron chi connectivity index (χ2n) is 6.64. The standard InChI is InChI=1S/C17H29N5O2/c1-13(2)22-15(10-12-19-22)21-16(23)9-6-11-18-17(24)20-14-7-4-3-5-8-14/h10,12-14H,3-9,11H2,1-2H3,(H,21,23)(H2,18,20,24). The third-order valence-electron chi connectivity index (χ3n) is 4.23. The molecule has 0 unspecified atom stereocenters. The molecule has 7 nitrogen and oxygen atoms in total. The van der Waals surface area contributed by atoms with Gasteiger partial charge in [0.25, 0.3) is 0 Å². The van der Waals surface area contributed by atoms with Crippen LogP contribution >= 0.6 is 0 Å². The van der Waals surface area contributed by atoms with E-state index in [2.05, 4.69) is 21.0 Å². The highest BCUT2D eigenvalue weighted by Crippen LogP contribution is 2.17. The zero-order valence-corrected chi connectivity index (χ0v) is 14.7. The predicted molar refractivity (Wildman–Crippen MR) is 93.9 cm³/mol. The highest BCUT2D eigenvalue weighted by Gasteiger charge is 2.15. The van der Waals surface area contributed by atoms with Crippen molar-refractivity contribution in [2.75, 3.05) is 11.9 Å². The summed E-state index contributed by atoms with van der Waals surface area (Å²) in [6.07, 6.45) is 8.44. The molecule has 1 aliphatic carbocycles. The maximum absolute atomic E-state index is 12.0. The lowest BCUT2D eigenvalue weighted by Gasteiger charge is -2.22. The average molecular weight is 335 g/mol. The first-order valence-corrected chi connectivity index (χ1v) is 8.94. The molecule has 0 aromatic carbocycles. The highest BCUT2D eigenvalue weighted by molar-refractivity contribution is 5.89. The zero-order valence-electron chi connectivity index (χ0n) is 14.7. The highest BCUT2D eigenvalue weighted by atomic mass is 16.2. The van der Waals surface area contributed by atoms with E-state index in [0.717, 1.165) is 12.8 Å². The minimum atomic E-state index is -0.125. The Morgan fingerprint density at radius 3 is 2.75 bits per heavy atom. The molecule has 1 heterocycles. The molecule has 1 aliphatic rings. The van der Waals surface area contributed by atoms with Gasteiger partial charge in [-0.2, -0.15) is 5.10 Å². The lowest BCUT2D eigenvalue weighted by Crippen LogP contribution is -2.43. The van der Waals surface area contributed by atoms with Crippen LogP contribution in [-0.4, -0.2) is 34.3 Å². The maximum Gasteiger partial charge on any atom is 0.315 e. The van der Waals surface area contributed by atoms with Gasteiger partial charge in [0.15, 0.2) is 0 Å². The first-order chi connectivity index (χ1) is 11.6. The topological polar surface area (TPSA) is 88.1 Å². The number of carbonyl (C=O) groups excluding carboxylic acids is 2. The lowest BCUT2D eigenvalue weighted by molar-refractivity contribution is -0.116. The summed E-state index contributed by atoms with van der Waals surface area (Å²) in [4.78, 5) is 23.8. The van der Waals surface area contributed by atoms with Gasteiger partial charge in [0.05, 0.1) is 6.20 Å². The number of amides is 3. The number of aromatic nitrogens is 2. The Bertz CT molecular complexity index is 535. The normalized spacial score (nSPS) is 15.3. The maximum atomic E-state index is 12.0. The summed E-state index contributed by atoms with van der Waals surface area (Å²) < 4.78 is 1.77. The molecule has 0 aliphatic heterocycles. The van der Waals surface area contributed by atoms with Crippen molar-refractivity contribution in [1.82, 2.24) is 20.4 Å². The summed E-state index contributed by atoms with van der Waals surface area (Å²) in [5, 5.41) is 12.9. The minimum absolute atomic E-state index is 0.0631. The fourth-order valence-electron chi connectivity index (χ4n) is 2.96. The summed E-state index contributed by atoms with van der Waals surface area (Å²) in [6, 6.07) is 2.16. The fourth-order valence-corrected chi connectivity index (χ4v) is 2.96. The van der Waals surface area contributed by atoms with Crippen LogP contribution in [0.15, 0.2) is 12.3 Å². The third-order valence-corrected chi connectivity index (χ3v) is 4.23. The van der Waals surface area contributed by atoms with Crippen LogP contribution in [0.3, 0.4) is 0 Å². The van der Waals surface area contributed by atoms with E-state index in [1.54, 1.807) is 16.9 Å². The van der Waals surface area contributed by atoms with Gasteiger partial charge in [-0.15, -0.1) is 0 Å². The van der Waals surface area contributed by atoms with Crippen molar-refractivity contribution < 1.29 is 9.59 Å². The van der Waals surface area contributed by atoms with Gasteiger partial charge in [-0.3, -0.25) is 4.79 Å². The van der Waals surface area contributed by atoms with Crippen LogP contribution in [0.25, 0.3) is 0 Å². The van der Waals surface area contributed by atoms with Gasteiger partial charge in [0.2, 0.25) is 5.91 Å². The molecule has 1 aromatic heterocycles. The molecule has 1 fully saturated rings. The Balaban J connectivity index is 1.60. The van der Waals surface area contributed by atoms with E-state index in [-0.39, 0.29) is 18.0 Å². The molecule has 7 heteroatoms. The van der Waals surface area contributed by atoms with Crippen molar-refractivity contribution in [2.45, 2.75) is 70.9 Å². The monoisotopic (exact) mass is 335 g/mol. The van der Waals surface area contributed by atoms with Gasteiger partial charge in [-0.05, 0) is 33.1 Å². The van der Waals surface area contributed by atoms with Gasteiger partial charge in [0.1, 0.15) is 5.82 Å². The molecule has 2 rings (SSSR count). The van der Waals surface area contributed by atoms with Crippen LogP contribution in [0.2, 0.25) is 0 Å². The first kappa shape index (κ1) is 18.3.